The molecule has 0 saturated carbocycles. The first-order chi connectivity index (χ1) is 14.9. The molecule has 4 aromatic rings. The van der Waals surface area contributed by atoms with Crippen LogP contribution in [-0.4, -0.2) is 16.1 Å². The zero-order valence-electron chi connectivity index (χ0n) is 17.3. The molecule has 0 fully saturated rings. The van der Waals surface area contributed by atoms with Crippen LogP contribution in [0.1, 0.15) is 36.0 Å². The van der Waals surface area contributed by atoms with Gasteiger partial charge in [0.2, 0.25) is 0 Å². The van der Waals surface area contributed by atoms with Gasteiger partial charge in [-0.3, -0.25) is 4.79 Å². The minimum atomic E-state index is -0.791. The van der Waals surface area contributed by atoms with Gasteiger partial charge < -0.3 is 9.84 Å². The third-order valence-corrected chi connectivity index (χ3v) is 6.50. The second-order valence-corrected chi connectivity index (χ2v) is 8.96. The molecule has 1 N–H and O–H groups in total. The van der Waals surface area contributed by atoms with E-state index in [4.69, 9.17) is 21.4 Å². The van der Waals surface area contributed by atoms with Gasteiger partial charge in [0.25, 0.3) is 0 Å². The van der Waals surface area contributed by atoms with Crippen molar-refractivity contribution < 1.29 is 14.6 Å². The molecule has 4 rings (SSSR count). The highest BCUT2D eigenvalue weighted by atomic mass is 35.5. The van der Waals surface area contributed by atoms with Crippen LogP contribution in [0.5, 0.6) is 5.75 Å². The van der Waals surface area contributed by atoms with Crippen molar-refractivity contribution in [1.82, 2.24) is 4.98 Å². The van der Waals surface area contributed by atoms with E-state index in [-0.39, 0.29) is 12.3 Å². The van der Waals surface area contributed by atoms with E-state index in [0.29, 0.717) is 11.8 Å². The molecule has 0 aliphatic rings. The summed E-state index contributed by atoms with van der Waals surface area (Å²) in [6.07, 6.45) is 1.92. The first kappa shape index (κ1) is 21.3. The Kier molecular flexibility index (Phi) is 6.25. The molecule has 0 aliphatic carbocycles. The molecule has 1 unspecified atom stereocenters. The minimum absolute atomic E-state index is 0.0314. The van der Waals surface area contributed by atoms with Gasteiger partial charge in [0.15, 0.2) is 0 Å². The maximum atomic E-state index is 10.9. The summed E-state index contributed by atoms with van der Waals surface area (Å²) >= 11 is 7.84. The van der Waals surface area contributed by atoms with Gasteiger partial charge in [-0.15, -0.1) is 11.3 Å². The van der Waals surface area contributed by atoms with Crippen LogP contribution in [0, 0.1) is 6.92 Å². The summed E-state index contributed by atoms with van der Waals surface area (Å²) in [6.45, 7) is 4.40. The molecule has 0 saturated heterocycles. The molecule has 2 heterocycles. The number of carboxylic acid groups (broad SMARTS) is 1. The lowest BCUT2D eigenvalue weighted by Gasteiger charge is -2.11. The number of carboxylic acids is 1. The van der Waals surface area contributed by atoms with Crippen molar-refractivity contribution >= 4 is 39.0 Å². The van der Waals surface area contributed by atoms with Crippen LogP contribution in [-0.2, 0) is 11.4 Å². The number of rotatable bonds is 7. The fraction of sp³-hybridized carbons (Fsp3) is 0.200. The second kappa shape index (κ2) is 9.08. The number of fused-ring (bicyclic) bond motifs is 1. The number of pyridine rings is 1. The summed E-state index contributed by atoms with van der Waals surface area (Å²) in [5, 5.41) is 12.8. The van der Waals surface area contributed by atoms with Gasteiger partial charge in [-0.25, -0.2) is 4.98 Å². The van der Waals surface area contributed by atoms with Gasteiger partial charge >= 0.3 is 5.97 Å². The van der Waals surface area contributed by atoms with Gasteiger partial charge in [-0.1, -0.05) is 36.7 Å². The van der Waals surface area contributed by atoms with E-state index in [1.165, 1.54) is 10.1 Å². The molecule has 0 spiro atoms. The van der Waals surface area contributed by atoms with E-state index in [2.05, 4.69) is 28.6 Å². The SMILES string of the molecule is Cc1cnc(Cl)cc1-c1csc2ccc(COc3ccc(C(C)CC(=O)O)cc3)cc12. The number of aliphatic carboxylic acids is 1. The van der Waals surface area contributed by atoms with Crippen LogP contribution in [0.4, 0.5) is 0 Å². The number of benzene rings is 2. The molecule has 2 aromatic heterocycles. The highest BCUT2D eigenvalue weighted by Crippen LogP contribution is 2.37. The Balaban J connectivity index is 1.52. The number of aryl methyl sites for hydroxylation is 1. The summed E-state index contributed by atoms with van der Waals surface area (Å²) in [5.41, 5.74) is 5.40. The van der Waals surface area contributed by atoms with E-state index >= 15 is 0 Å². The maximum Gasteiger partial charge on any atom is 0.303 e. The third-order valence-electron chi connectivity index (χ3n) is 5.33. The van der Waals surface area contributed by atoms with Crippen LogP contribution < -0.4 is 4.74 Å². The van der Waals surface area contributed by atoms with Crippen LogP contribution in [0.3, 0.4) is 0 Å². The molecule has 0 aliphatic heterocycles. The molecule has 0 radical (unpaired) electrons. The highest BCUT2D eigenvalue weighted by molar-refractivity contribution is 7.17. The maximum absolute atomic E-state index is 10.9. The minimum Gasteiger partial charge on any atom is -0.489 e. The molecular weight excluding hydrogens is 430 g/mol. The van der Waals surface area contributed by atoms with Gasteiger partial charge in [-0.05, 0) is 70.8 Å². The van der Waals surface area contributed by atoms with Crippen molar-refractivity contribution in [3.8, 4) is 16.9 Å². The smallest absolute Gasteiger partial charge is 0.303 e. The first-order valence-corrected chi connectivity index (χ1v) is 11.2. The highest BCUT2D eigenvalue weighted by Gasteiger charge is 2.12. The number of carbonyl (C=O) groups is 1. The predicted molar refractivity (Wildman–Crippen MR) is 126 cm³/mol. The van der Waals surface area contributed by atoms with Gasteiger partial charge in [-0.2, -0.15) is 0 Å². The standard InChI is InChI=1S/C25H22ClNO3S/c1-15(9-25(28)29)18-4-6-19(7-5-18)30-13-17-3-8-23-21(10-17)22(14-31-23)20-11-24(26)27-12-16(20)2/h3-8,10-12,14-15H,9,13H2,1-2H3,(H,28,29). The van der Waals surface area contributed by atoms with E-state index in [1.54, 1.807) is 17.5 Å². The fourth-order valence-electron chi connectivity index (χ4n) is 3.60. The zero-order valence-corrected chi connectivity index (χ0v) is 18.8. The van der Waals surface area contributed by atoms with Crippen LogP contribution in [0.2, 0.25) is 5.15 Å². The summed E-state index contributed by atoms with van der Waals surface area (Å²) < 4.78 is 7.19. The lowest BCUT2D eigenvalue weighted by Crippen LogP contribution is -2.03. The Morgan fingerprint density at radius 1 is 1.16 bits per heavy atom. The zero-order chi connectivity index (χ0) is 22.0. The predicted octanol–water partition coefficient (Wildman–Crippen LogP) is 7.08. The van der Waals surface area contributed by atoms with Crippen LogP contribution in [0.25, 0.3) is 21.2 Å². The average Bonchev–Trinajstić information content (AvgIpc) is 3.17. The number of nitrogens with zero attached hydrogens (tertiary/aromatic N) is 1. The van der Waals surface area contributed by atoms with Gasteiger partial charge in [0.05, 0.1) is 6.42 Å². The van der Waals surface area contributed by atoms with E-state index in [9.17, 15) is 4.79 Å². The Bertz CT molecular complexity index is 1230. The molecular formula is C25H22ClNO3S. The van der Waals surface area contributed by atoms with Gasteiger partial charge in [0, 0.05) is 21.8 Å². The van der Waals surface area contributed by atoms with Gasteiger partial charge in [0.1, 0.15) is 17.5 Å². The molecule has 31 heavy (non-hydrogen) atoms. The average molecular weight is 452 g/mol. The number of aromatic nitrogens is 1. The molecule has 0 bridgehead atoms. The lowest BCUT2D eigenvalue weighted by molar-refractivity contribution is -0.137. The van der Waals surface area contributed by atoms with Crippen molar-refractivity contribution in [3.05, 3.63) is 82.0 Å². The third kappa shape index (κ3) is 4.89. The van der Waals surface area contributed by atoms with Crippen LogP contribution in [0.15, 0.2) is 60.1 Å². The number of hydrogen-bond acceptors (Lipinski definition) is 4. The largest absolute Gasteiger partial charge is 0.489 e. The van der Waals surface area contributed by atoms with Crippen molar-refractivity contribution in [3.63, 3.8) is 0 Å². The van der Waals surface area contributed by atoms with Crippen molar-refractivity contribution in [1.29, 1.82) is 0 Å². The Morgan fingerprint density at radius 2 is 1.94 bits per heavy atom. The quantitative estimate of drug-likeness (QED) is 0.305. The number of hydrogen-bond donors (Lipinski definition) is 1. The summed E-state index contributed by atoms with van der Waals surface area (Å²) in [7, 11) is 0. The van der Waals surface area contributed by atoms with Crippen molar-refractivity contribution in [2.24, 2.45) is 0 Å². The van der Waals surface area contributed by atoms with Crippen LogP contribution >= 0.6 is 22.9 Å². The first-order valence-electron chi connectivity index (χ1n) is 9.98. The Hall–Kier alpha value is -2.89. The lowest BCUT2D eigenvalue weighted by atomic mass is 9.98. The topological polar surface area (TPSA) is 59.4 Å². The molecule has 4 nitrogen and oxygen atoms in total. The Morgan fingerprint density at radius 3 is 2.68 bits per heavy atom. The molecule has 158 valence electrons. The molecule has 1 atom stereocenters. The van der Waals surface area contributed by atoms with E-state index in [1.807, 2.05) is 44.2 Å². The van der Waals surface area contributed by atoms with Crippen molar-refractivity contribution in [2.75, 3.05) is 0 Å². The molecule has 0 amide bonds. The normalized spacial score (nSPS) is 12.1. The Labute approximate surface area is 190 Å². The van der Waals surface area contributed by atoms with E-state index < -0.39 is 5.97 Å². The number of halogens is 1. The molecule has 2 aromatic carbocycles. The molecule has 6 heteroatoms. The number of ether oxygens (including phenoxy) is 1. The van der Waals surface area contributed by atoms with E-state index in [0.717, 1.165) is 33.6 Å². The fourth-order valence-corrected chi connectivity index (χ4v) is 4.70. The second-order valence-electron chi connectivity index (χ2n) is 7.66. The summed E-state index contributed by atoms with van der Waals surface area (Å²) in [4.78, 5) is 15.1. The monoisotopic (exact) mass is 451 g/mol. The summed E-state index contributed by atoms with van der Waals surface area (Å²) in [5.74, 6) is -0.0648. The van der Waals surface area contributed by atoms with Crippen molar-refractivity contribution in [2.45, 2.75) is 32.8 Å². The number of thiophene rings is 1. The summed E-state index contributed by atoms with van der Waals surface area (Å²) in [6, 6.07) is 15.9.